The molecule has 1 rings (SSSR count). The van der Waals surface area contributed by atoms with Gasteiger partial charge in [-0.2, -0.15) is 0 Å². The number of phenols is 1. The maximum atomic E-state index is 9.50. The molecule has 1 atom stereocenters. The molecule has 1 unspecified atom stereocenters. The zero-order chi connectivity index (χ0) is 10.7. The van der Waals surface area contributed by atoms with E-state index in [1.807, 2.05) is 0 Å². The second-order valence-electron chi connectivity index (χ2n) is 3.13. The summed E-state index contributed by atoms with van der Waals surface area (Å²) in [5.74, 6) is 0.506. The van der Waals surface area contributed by atoms with Crippen molar-refractivity contribution in [3.8, 4) is 11.5 Å². The van der Waals surface area contributed by atoms with Crippen LogP contribution in [0.3, 0.4) is 0 Å². The van der Waals surface area contributed by atoms with Crippen molar-refractivity contribution in [2.45, 2.75) is 19.4 Å². The molecule has 78 valence electrons. The van der Waals surface area contributed by atoms with Crippen LogP contribution in [0.5, 0.6) is 11.5 Å². The van der Waals surface area contributed by atoms with Gasteiger partial charge in [0, 0.05) is 16.5 Å². The van der Waals surface area contributed by atoms with Crippen LogP contribution in [-0.2, 0) is 6.42 Å². The summed E-state index contributed by atoms with van der Waals surface area (Å²) in [7, 11) is 1.49. The van der Waals surface area contributed by atoms with Gasteiger partial charge in [0.05, 0.1) is 13.2 Å². The molecule has 0 amide bonds. The standard InChI is InChI=1S/C10H13BrO3/c1-6(12)5-7-8(11)3-4-9(13)10(7)14-2/h3-4,6,12-13H,5H2,1-2H3. The van der Waals surface area contributed by atoms with E-state index in [2.05, 4.69) is 15.9 Å². The van der Waals surface area contributed by atoms with Crippen molar-refractivity contribution in [1.29, 1.82) is 0 Å². The number of aromatic hydroxyl groups is 1. The first-order valence-electron chi connectivity index (χ1n) is 4.28. The minimum atomic E-state index is -0.470. The van der Waals surface area contributed by atoms with Crippen LogP contribution < -0.4 is 4.74 Å². The fourth-order valence-electron chi connectivity index (χ4n) is 1.30. The average Bonchev–Trinajstić information content (AvgIpc) is 2.11. The number of methoxy groups -OCH3 is 1. The molecular formula is C10H13BrO3. The SMILES string of the molecule is COc1c(O)ccc(Br)c1CC(C)O. The summed E-state index contributed by atoms with van der Waals surface area (Å²) in [6.45, 7) is 1.69. The van der Waals surface area contributed by atoms with E-state index >= 15 is 0 Å². The van der Waals surface area contributed by atoms with Gasteiger partial charge in [0.15, 0.2) is 11.5 Å². The predicted molar refractivity (Wildman–Crippen MR) is 57.7 cm³/mol. The second-order valence-corrected chi connectivity index (χ2v) is 3.99. The molecule has 0 bridgehead atoms. The highest BCUT2D eigenvalue weighted by Gasteiger charge is 2.13. The molecule has 0 aliphatic carbocycles. The Bertz CT molecular complexity index is 323. The quantitative estimate of drug-likeness (QED) is 0.875. The maximum Gasteiger partial charge on any atom is 0.164 e. The van der Waals surface area contributed by atoms with Crippen molar-refractivity contribution in [3.05, 3.63) is 22.2 Å². The van der Waals surface area contributed by atoms with Crippen LogP contribution in [0.1, 0.15) is 12.5 Å². The summed E-state index contributed by atoms with van der Waals surface area (Å²) in [5, 5.41) is 18.8. The maximum absolute atomic E-state index is 9.50. The van der Waals surface area contributed by atoms with Gasteiger partial charge in [-0.3, -0.25) is 0 Å². The van der Waals surface area contributed by atoms with Crippen molar-refractivity contribution in [3.63, 3.8) is 0 Å². The van der Waals surface area contributed by atoms with Gasteiger partial charge in [-0.1, -0.05) is 15.9 Å². The average molecular weight is 261 g/mol. The fraction of sp³-hybridized carbons (Fsp3) is 0.400. The van der Waals surface area contributed by atoms with E-state index < -0.39 is 6.10 Å². The van der Waals surface area contributed by atoms with Gasteiger partial charge in [-0.25, -0.2) is 0 Å². The number of halogens is 1. The monoisotopic (exact) mass is 260 g/mol. The molecule has 0 fully saturated rings. The summed E-state index contributed by atoms with van der Waals surface area (Å²) in [4.78, 5) is 0. The van der Waals surface area contributed by atoms with Crippen LogP contribution in [0.15, 0.2) is 16.6 Å². The third-order valence-electron chi connectivity index (χ3n) is 1.89. The van der Waals surface area contributed by atoms with Crippen molar-refractivity contribution < 1.29 is 14.9 Å². The van der Waals surface area contributed by atoms with Gasteiger partial charge < -0.3 is 14.9 Å². The number of aliphatic hydroxyl groups is 1. The number of ether oxygens (including phenoxy) is 1. The number of benzene rings is 1. The van der Waals surface area contributed by atoms with Crippen LogP contribution in [0, 0.1) is 0 Å². The van der Waals surface area contributed by atoms with E-state index in [-0.39, 0.29) is 5.75 Å². The highest BCUT2D eigenvalue weighted by molar-refractivity contribution is 9.10. The molecule has 0 aliphatic heterocycles. The summed E-state index contributed by atoms with van der Waals surface area (Å²) >= 11 is 3.35. The number of aliphatic hydroxyl groups excluding tert-OH is 1. The molecule has 3 nitrogen and oxygen atoms in total. The summed E-state index contributed by atoms with van der Waals surface area (Å²) in [5.41, 5.74) is 0.780. The number of hydrogen-bond donors (Lipinski definition) is 2. The molecule has 1 aromatic carbocycles. The molecular weight excluding hydrogens is 248 g/mol. The number of rotatable bonds is 3. The third-order valence-corrected chi connectivity index (χ3v) is 2.63. The van der Waals surface area contributed by atoms with Crippen LogP contribution in [0.2, 0.25) is 0 Å². The summed E-state index contributed by atoms with van der Waals surface area (Å²) in [6.07, 6.45) is -0.0278. The van der Waals surface area contributed by atoms with E-state index in [1.165, 1.54) is 7.11 Å². The Morgan fingerprint density at radius 2 is 2.14 bits per heavy atom. The fourth-order valence-corrected chi connectivity index (χ4v) is 1.78. The van der Waals surface area contributed by atoms with Gasteiger partial charge in [-0.05, 0) is 19.1 Å². The molecule has 0 aliphatic rings. The molecule has 0 spiro atoms. The summed E-state index contributed by atoms with van der Waals surface area (Å²) < 4.78 is 5.89. The van der Waals surface area contributed by atoms with Gasteiger partial charge in [0.1, 0.15) is 0 Å². The lowest BCUT2D eigenvalue weighted by atomic mass is 10.1. The highest BCUT2D eigenvalue weighted by atomic mass is 79.9. The molecule has 0 aromatic heterocycles. The van der Waals surface area contributed by atoms with Crippen LogP contribution >= 0.6 is 15.9 Å². The number of phenolic OH excluding ortho intramolecular Hbond substituents is 1. The van der Waals surface area contributed by atoms with Crippen LogP contribution in [0.4, 0.5) is 0 Å². The molecule has 4 heteroatoms. The van der Waals surface area contributed by atoms with E-state index in [4.69, 9.17) is 4.74 Å². The Hall–Kier alpha value is -0.740. The molecule has 14 heavy (non-hydrogen) atoms. The predicted octanol–water partition coefficient (Wildman–Crippen LogP) is 2.09. The topological polar surface area (TPSA) is 49.7 Å². The molecule has 0 saturated carbocycles. The van der Waals surface area contributed by atoms with Crippen molar-refractivity contribution >= 4 is 15.9 Å². The van der Waals surface area contributed by atoms with Crippen molar-refractivity contribution in [1.82, 2.24) is 0 Å². The van der Waals surface area contributed by atoms with Crippen molar-refractivity contribution in [2.24, 2.45) is 0 Å². The highest BCUT2D eigenvalue weighted by Crippen LogP contribution is 2.35. The summed E-state index contributed by atoms with van der Waals surface area (Å²) in [6, 6.07) is 3.28. The van der Waals surface area contributed by atoms with Gasteiger partial charge in [0.2, 0.25) is 0 Å². The Kier molecular flexibility index (Phi) is 3.77. The Balaban J connectivity index is 3.16. The Labute approximate surface area is 91.5 Å². The Morgan fingerprint density at radius 3 is 2.64 bits per heavy atom. The third kappa shape index (κ3) is 2.39. The Morgan fingerprint density at radius 1 is 1.50 bits per heavy atom. The van der Waals surface area contributed by atoms with E-state index in [9.17, 15) is 10.2 Å². The smallest absolute Gasteiger partial charge is 0.164 e. The minimum Gasteiger partial charge on any atom is -0.504 e. The van der Waals surface area contributed by atoms with E-state index in [0.717, 1.165) is 10.0 Å². The zero-order valence-corrected chi connectivity index (χ0v) is 9.71. The number of hydrogen-bond acceptors (Lipinski definition) is 3. The lowest BCUT2D eigenvalue weighted by Gasteiger charge is -2.13. The van der Waals surface area contributed by atoms with E-state index in [1.54, 1.807) is 19.1 Å². The first kappa shape index (κ1) is 11.3. The van der Waals surface area contributed by atoms with E-state index in [0.29, 0.717) is 12.2 Å². The largest absolute Gasteiger partial charge is 0.504 e. The zero-order valence-electron chi connectivity index (χ0n) is 8.12. The van der Waals surface area contributed by atoms with Crippen LogP contribution in [0.25, 0.3) is 0 Å². The molecule has 0 heterocycles. The van der Waals surface area contributed by atoms with Gasteiger partial charge in [0.25, 0.3) is 0 Å². The van der Waals surface area contributed by atoms with Gasteiger partial charge >= 0.3 is 0 Å². The minimum absolute atomic E-state index is 0.0892. The molecule has 0 radical (unpaired) electrons. The lowest BCUT2D eigenvalue weighted by molar-refractivity contribution is 0.193. The molecule has 0 saturated heterocycles. The normalized spacial score (nSPS) is 12.6. The van der Waals surface area contributed by atoms with Gasteiger partial charge in [-0.15, -0.1) is 0 Å². The molecule has 1 aromatic rings. The lowest BCUT2D eigenvalue weighted by Crippen LogP contribution is -2.06. The molecule has 2 N–H and O–H groups in total. The first-order valence-corrected chi connectivity index (χ1v) is 5.08. The second kappa shape index (κ2) is 4.66. The van der Waals surface area contributed by atoms with Crippen molar-refractivity contribution in [2.75, 3.05) is 7.11 Å². The van der Waals surface area contributed by atoms with Crippen LogP contribution in [-0.4, -0.2) is 23.4 Å². The first-order chi connectivity index (χ1) is 6.56.